The van der Waals surface area contributed by atoms with Crippen molar-refractivity contribution in [3.05, 3.63) is 33.9 Å². The maximum absolute atomic E-state index is 12.3. The van der Waals surface area contributed by atoms with Crippen LogP contribution in [0, 0.1) is 16.0 Å². The Balaban J connectivity index is 0.00000242. The number of nitrogens with zero attached hydrogens (tertiary/aromatic N) is 1. The minimum Gasteiger partial charge on any atom is -0.326 e. The molecular formula is C13H20ClN3O4S. The molecule has 1 fully saturated rings. The summed E-state index contributed by atoms with van der Waals surface area (Å²) in [4.78, 5) is 10.2. The van der Waals surface area contributed by atoms with Gasteiger partial charge in [-0.2, -0.15) is 0 Å². The zero-order valence-electron chi connectivity index (χ0n) is 12.2. The maximum atomic E-state index is 12.3. The summed E-state index contributed by atoms with van der Waals surface area (Å²) < 4.78 is 27.2. The molecule has 0 aromatic heterocycles. The summed E-state index contributed by atoms with van der Waals surface area (Å²) in [6, 6.07) is 3.69. The highest BCUT2D eigenvalue weighted by atomic mass is 35.5. The molecule has 1 aliphatic rings. The van der Waals surface area contributed by atoms with Crippen LogP contribution in [0.5, 0.6) is 0 Å². The van der Waals surface area contributed by atoms with E-state index in [9.17, 15) is 18.5 Å². The van der Waals surface area contributed by atoms with Crippen LogP contribution in [0.4, 0.5) is 5.69 Å². The fraction of sp³-hybridized carbons (Fsp3) is 0.538. The lowest BCUT2D eigenvalue weighted by Crippen LogP contribution is -2.38. The lowest BCUT2D eigenvalue weighted by molar-refractivity contribution is -0.385. The zero-order chi connectivity index (χ0) is 15.6. The molecule has 1 aromatic rings. The molecule has 1 saturated carbocycles. The van der Waals surface area contributed by atoms with Gasteiger partial charge in [-0.05, 0) is 30.7 Å². The second-order valence-corrected chi connectivity index (χ2v) is 6.99. The van der Waals surface area contributed by atoms with Crippen LogP contribution in [0.3, 0.4) is 0 Å². The Morgan fingerprint density at radius 2 is 2.09 bits per heavy atom. The van der Waals surface area contributed by atoms with Gasteiger partial charge in [0.05, 0.1) is 9.82 Å². The third-order valence-electron chi connectivity index (χ3n) is 3.67. The lowest BCUT2D eigenvalue weighted by atomic mass is 10.1. The predicted molar refractivity (Wildman–Crippen MR) is 85.6 cm³/mol. The highest BCUT2D eigenvalue weighted by Gasteiger charge is 2.30. The number of benzene rings is 1. The van der Waals surface area contributed by atoms with Gasteiger partial charge >= 0.3 is 0 Å². The molecule has 0 saturated heterocycles. The van der Waals surface area contributed by atoms with E-state index in [-0.39, 0.29) is 35.6 Å². The second kappa shape index (κ2) is 7.36. The van der Waals surface area contributed by atoms with Crippen molar-refractivity contribution in [2.24, 2.45) is 11.7 Å². The number of non-ortho nitro benzene ring substituents is 1. The first-order chi connectivity index (χ1) is 9.85. The highest BCUT2D eigenvalue weighted by Crippen LogP contribution is 2.31. The fourth-order valence-electron chi connectivity index (χ4n) is 2.17. The number of nitro groups is 1. The molecule has 1 aliphatic carbocycles. The van der Waals surface area contributed by atoms with E-state index in [0.29, 0.717) is 17.9 Å². The molecule has 3 N–H and O–H groups in total. The van der Waals surface area contributed by atoms with Gasteiger partial charge < -0.3 is 5.73 Å². The van der Waals surface area contributed by atoms with Crippen molar-refractivity contribution in [2.75, 3.05) is 6.54 Å². The van der Waals surface area contributed by atoms with Gasteiger partial charge in [0.1, 0.15) is 0 Å². The molecule has 9 heteroatoms. The van der Waals surface area contributed by atoms with Crippen LogP contribution in [0.1, 0.15) is 25.3 Å². The molecule has 0 bridgehead atoms. The van der Waals surface area contributed by atoms with Gasteiger partial charge in [-0.15, -0.1) is 12.4 Å². The SMILES string of the molecule is CCc1ccc([N+](=O)[O-])cc1S(=O)(=O)NCC(N)C1CC1.Cl. The van der Waals surface area contributed by atoms with Crippen molar-refractivity contribution in [1.29, 1.82) is 0 Å². The summed E-state index contributed by atoms with van der Waals surface area (Å²) in [6.45, 7) is 1.95. The third kappa shape index (κ3) is 4.39. The van der Waals surface area contributed by atoms with Crippen LogP contribution in [-0.4, -0.2) is 25.9 Å². The van der Waals surface area contributed by atoms with E-state index in [4.69, 9.17) is 5.73 Å². The predicted octanol–water partition coefficient (Wildman–Crippen LogP) is 1.59. The summed E-state index contributed by atoms with van der Waals surface area (Å²) >= 11 is 0. The van der Waals surface area contributed by atoms with Gasteiger partial charge in [-0.3, -0.25) is 10.1 Å². The number of halogens is 1. The molecule has 2 rings (SSSR count). The van der Waals surface area contributed by atoms with E-state index in [2.05, 4.69) is 4.72 Å². The van der Waals surface area contributed by atoms with Gasteiger partial charge in [0.15, 0.2) is 0 Å². The van der Waals surface area contributed by atoms with Gasteiger partial charge in [0.2, 0.25) is 10.0 Å². The Morgan fingerprint density at radius 1 is 1.45 bits per heavy atom. The molecule has 22 heavy (non-hydrogen) atoms. The van der Waals surface area contributed by atoms with Crippen molar-refractivity contribution < 1.29 is 13.3 Å². The molecule has 0 radical (unpaired) electrons. The summed E-state index contributed by atoms with van der Waals surface area (Å²) in [5, 5.41) is 10.8. The third-order valence-corrected chi connectivity index (χ3v) is 5.17. The maximum Gasteiger partial charge on any atom is 0.270 e. The van der Waals surface area contributed by atoms with Crippen molar-refractivity contribution in [3.63, 3.8) is 0 Å². The second-order valence-electron chi connectivity index (χ2n) is 5.26. The molecule has 1 atom stereocenters. The molecule has 0 amide bonds. The van der Waals surface area contributed by atoms with Crippen LogP contribution in [0.25, 0.3) is 0 Å². The summed E-state index contributed by atoms with van der Waals surface area (Å²) in [5.41, 5.74) is 6.19. The number of hydrogen-bond donors (Lipinski definition) is 2. The normalized spacial score (nSPS) is 15.9. The van der Waals surface area contributed by atoms with Crippen LogP contribution < -0.4 is 10.5 Å². The van der Waals surface area contributed by atoms with E-state index < -0.39 is 14.9 Å². The van der Waals surface area contributed by atoms with E-state index in [1.807, 2.05) is 0 Å². The van der Waals surface area contributed by atoms with Crippen LogP contribution >= 0.6 is 12.4 Å². The van der Waals surface area contributed by atoms with E-state index in [1.165, 1.54) is 12.1 Å². The van der Waals surface area contributed by atoms with Crippen molar-refractivity contribution in [3.8, 4) is 0 Å². The topological polar surface area (TPSA) is 115 Å². The summed E-state index contributed by atoms with van der Waals surface area (Å²) in [6.07, 6.45) is 2.53. The molecule has 1 unspecified atom stereocenters. The van der Waals surface area contributed by atoms with Gasteiger partial charge in [0, 0.05) is 24.7 Å². The van der Waals surface area contributed by atoms with E-state index >= 15 is 0 Å². The number of rotatable bonds is 7. The lowest BCUT2D eigenvalue weighted by Gasteiger charge is -2.14. The number of aryl methyl sites for hydroxylation is 1. The number of sulfonamides is 1. The number of hydrogen-bond acceptors (Lipinski definition) is 5. The first-order valence-electron chi connectivity index (χ1n) is 6.87. The van der Waals surface area contributed by atoms with E-state index in [1.54, 1.807) is 6.92 Å². The number of nitro benzene ring substituents is 1. The smallest absolute Gasteiger partial charge is 0.270 e. The van der Waals surface area contributed by atoms with Gasteiger partial charge in [-0.25, -0.2) is 13.1 Å². The standard InChI is InChI=1S/C13H19N3O4S.ClH/c1-2-9-5-6-11(16(17)18)7-13(9)21(19,20)15-8-12(14)10-3-4-10;/h5-7,10,12,15H,2-4,8,14H2,1H3;1H. The average Bonchev–Trinajstić information content (AvgIpc) is 3.28. The van der Waals surface area contributed by atoms with Gasteiger partial charge in [0.25, 0.3) is 5.69 Å². The number of nitrogens with two attached hydrogens (primary N) is 1. The quantitative estimate of drug-likeness (QED) is 0.573. The van der Waals surface area contributed by atoms with Crippen LogP contribution in [0.2, 0.25) is 0 Å². The van der Waals surface area contributed by atoms with Crippen LogP contribution in [-0.2, 0) is 16.4 Å². The molecule has 124 valence electrons. The zero-order valence-corrected chi connectivity index (χ0v) is 13.8. The Labute approximate surface area is 135 Å². The van der Waals surface area contributed by atoms with Gasteiger partial charge in [-0.1, -0.05) is 13.0 Å². The molecule has 0 aliphatic heterocycles. The minimum atomic E-state index is -3.79. The molecular weight excluding hydrogens is 330 g/mol. The fourth-order valence-corrected chi connectivity index (χ4v) is 3.57. The first kappa shape index (κ1) is 18.8. The molecule has 0 spiro atoms. The van der Waals surface area contributed by atoms with Crippen molar-refractivity contribution >= 4 is 28.1 Å². The van der Waals surface area contributed by atoms with Crippen molar-refractivity contribution in [1.82, 2.24) is 4.72 Å². The Bertz CT molecular complexity index is 647. The van der Waals surface area contributed by atoms with Crippen LogP contribution in [0.15, 0.2) is 23.1 Å². The first-order valence-corrected chi connectivity index (χ1v) is 8.36. The Morgan fingerprint density at radius 3 is 2.59 bits per heavy atom. The van der Waals surface area contributed by atoms with Crippen molar-refractivity contribution in [2.45, 2.75) is 37.1 Å². The average molecular weight is 350 g/mol. The monoisotopic (exact) mass is 349 g/mol. The summed E-state index contributed by atoms with van der Waals surface area (Å²) in [7, 11) is -3.79. The largest absolute Gasteiger partial charge is 0.326 e. The summed E-state index contributed by atoms with van der Waals surface area (Å²) in [5.74, 6) is 0.378. The molecule has 7 nitrogen and oxygen atoms in total. The molecule has 0 heterocycles. The molecule has 1 aromatic carbocycles. The number of nitrogens with one attached hydrogen (secondary N) is 1. The Kier molecular flexibility index (Phi) is 6.30. The highest BCUT2D eigenvalue weighted by molar-refractivity contribution is 7.89. The van der Waals surface area contributed by atoms with E-state index in [0.717, 1.165) is 18.9 Å². The minimum absolute atomic E-state index is 0. The Hall–Kier alpha value is -1.22.